The number of allylic oxidation sites excluding steroid dienone is 1. The molecule has 1 unspecified atom stereocenters. The van der Waals surface area contributed by atoms with E-state index < -0.39 is 0 Å². The van der Waals surface area contributed by atoms with Crippen LogP contribution in [-0.4, -0.2) is 0 Å². The first-order chi connectivity index (χ1) is 24.2. The Morgan fingerprint density at radius 1 is 0.551 bits per heavy atom. The van der Waals surface area contributed by atoms with Crippen molar-refractivity contribution in [2.45, 2.75) is 13.3 Å². The van der Waals surface area contributed by atoms with Crippen molar-refractivity contribution in [2.24, 2.45) is 5.92 Å². The van der Waals surface area contributed by atoms with E-state index in [1.54, 1.807) is 0 Å². The van der Waals surface area contributed by atoms with Gasteiger partial charge in [-0.3, -0.25) is 0 Å². The molecule has 10 rings (SSSR count). The minimum Gasteiger partial charge on any atom is -0.309 e. The summed E-state index contributed by atoms with van der Waals surface area (Å²) < 4.78 is 2.68. The van der Waals surface area contributed by atoms with Crippen LogP contribution in [-0.2, 0) is 6.42 Å². The van der Waals surface area contributed by atoms with Crippen LogP contribution in [0.25, 0.3) is 69.7 Å². The van der Waals surface area contributed by atoms with E-state index in [0.717, 1.165) is 17.8 Å². The lowest BCUT2D eigenvalue weighted by Crippen LogP contribution is -2.10. The maximum atomic E-state index is 2.48. The molecule has 1 heterocycles. The summed E-state index contributed by atoms with van der Waals surface area (Å²) in [6.45, 7) is 2.32. The topological polar surface area (TPSA) is 3.24 Å². The standard InChI is InChI=1S/C47H33NS/c1-30-17-18-33-23-26-44-46(42(33)27-30)41-15-8-16-43(47(41)49-44)48(37-13-7-12-35(28-37)31-9-3-2-4-10-31)38-24-25-40-36(29-38)22-21-34-20-19-32-11-5-6-14-39(32)45(34)40/h2-26,28-30H,27H2,1H3. The van der Waals surface area contributed by atoms with Gasteiger partial charge in [-0.25, -0.2) is 0 Å². The average Bonchev–Trinajstić information content (AvgIpc) is 3.55. The van der Waals surface area contributed by atoms with Gasteiger partial charge in [0.2, 0.25) is 0 Å². The molecule has 0 fully saturated rings. The molecule has 8 aromatic carbocycles. The van der Waals surface area contributed by atoms with Crippen LogP contribution >= 0.6 is 11.3 Å². The molecule has 0 aliphatic heterocycles. The molecular weight excluding hydrogens is 611 g/mol. The van der Waals surface area contributed by atoms with Gasteiger partial charge >= 0.3 is 0 Å². The molecule has 0 saturated carbocycles. The molecule has 9 aromatic rings. The number of fused-ring (bicyclic) bond motifs is 10. The number of anilines is 3. The quantitative estimate of drug-likeness (QED) is 0.173. The van der Waals surface area contributed by atoms with Gasteiger partial charge in [0.05, 0.1) is 10.4 Å². The molecule has 0 bridgehead atoms. The van der Waals surface area contributed by atoms with E-state index in [0.29, 0.717) is 5.92 Å². The van der Waals surface area contributed by atoms with Crippen molar-refractivity contribution in [1.82, 2.24) is 0 Å². The van der Waals surface area contributed by atoms with Crippen LogP contribution in [0.1, 0.15) is 18.1 Å². The van der Waals surface area contributed by atoms with Crippen LogP contribution in [0.2, 0.25) is 0 Å². The van der Waals surface area contributed by atoms with Gasteiger partial charge in [0.15, 0.2) is 0 Å². The average molecular weight is 644 g/mol. The van der Waals surface area contributed by atoms with Crippen molar-refractivity contribution in [3.05, 3.63) is 169 Å². The fourth-order valence-electron chi connectivity index (χ4n) is 8.02. The molecular formula is C47H33NS. The van der Waals surface area contributed by atoms with Crippen LogP contribution in [0.3, 0.4) is 0 Å². The molecule has 0 N–H and O–H groups in total. The first-order valence-corrected chi connectivity index (χ1v) is 18.0. The third-order valence-electron chi connectivity index (χ3n) is 10.3. The van der Waals surface area contributed by atoms with E-state index in [1.165, 1.54) is 80.4 Å². The summed E-state index contributed by atoms with van der Waals surface area (Å²) in [4.78, 5) is 2.48. The number of thiophene rings is 1. The molecule has 1 aromatic heterocycles. The predicted molar refractivity (Wildman–Crippen MR) is 214 cm³/mol. The molecule has 1 nitrogen and oxygen atoms in total. The van der Waals surface area contributed by atoms with Crippen LogP contribution in [0.4, 0.5) is 17.1 Å². The maximum Gasteiger partial charge on any atom is 0.0640 e. The lowest BCUT2D eigenvalue weighted by atomic mass is 9.88. The van der Waals surface area contributed by atoms with Gasteiger partial charge < -0.3 is 4.90 Å². The van der Waals surface area contributed by atoms with Gasteiger partial charge in [-0.05, 0) is 103 Å². The van der Waals surface area contributed by atoms with Gasteiger partial charge in [-0.1, -0.05) is 134 Å². The Bertz CT molecular complexity index is 2770. The van der Waals surface area contributed by atoms with Gasteiger partial charge in [-0.15, -0.1) is 11.3 Å². The maximum absolute atomic E-state index is 2.48. The Hall–Kier alpha value is -5.70. The molecule has 1 atom stereocenters. The van der Waals surface area contributed by atoms with Crippen LogP contribution in [0.5, 0.6) is 0 Å². The van der Waals surface area contributed by atoms with Crippen molar-refractivity contribution in [1.29, 1.82) is 0 Å². The zero-order valence-electron chi connectivity index (χ0n) is 27.2. The third kappa shape index (κ3) is 4.59. The Balaban J connectivity index is 1.23. The van der Waals surface area contributed by atoms with Gasteiger partial charge in [0.25, 0.3) is 0 Å². The first-order valence-electron chi connectivity index (χ1n) is 17.1. The molecule has 0 spiro atoms. The van der Waals surface area contributed by atoms with Crippen LogP contribution in [0, 0.1) is 5.92 Å². The molecule has 2 heteroatoms. The molecule has 1 aliphatic rings. The predicted octanol–water partition coefficient (Wildman–Crippen LogP) is 13.9. The Kier molecular flexibility index (Phi) is 6.47. The van der Waals surface area contributed by atoms with E-state index in [4.69, 9.17) is 0 Å². The lowest BCUT2D eigenvalue weighted by Gasteiger charge is -2.27. The minimum atomic E-state index is 0.541. The van der Waals surface area contributed by atoms with Crippen molar-refractivity contribution >= 4 is 87.0 Å². The van der Waals surface area contributed by atoms with E-state index in [2.05, 4.69) is 176 Å². The number of hydrogen-bond acceptors (Lipinski definition) is 2. The summed E-state index contributed by atoms with van der Waals surface area (Å²) in [7, 11) is 0. The summed E-state index contributed by atoms with van der Waals surface area (Å²) in [6, 6.07) is 56.1. The highest BCUT2D eigenvalue weighted by Crippen LogP contribution is 2.48. The largest absolute Gasteiger partial charge is 0.309 e. The summed E-state index contributed by atoms with van der Waals surface area (Å²) >= 11 is 1.92. The van der Waals surface area contributed by atoms with E-state index in [9.17, 15) is 0 Å². The number of benzene rings is 8. The second-order valence-electron chi connectivity index (χ2n) is 13.4. The molecule has 0 radical (unpaired) electrons. The smallest absolute Gasteiger partial charge is 0.0640 e. The highest BCUT2D eigenvalue weighted by atomic mass is 32.1. The van der Waals surface area contributed by atoms with Crippen LogP contribution in [0.15, 0.2) is 158 Å². The number of hydrogen-bond donors (Lipinski definition) is 0. The SMILES string of the molecule is CC1C=Cc2ccc3sc4c(N(c5cccc(-c6ccccc6)c5)c5ccc6c(ccc7ccc8ccccc8c76)c5)cccc4c3c2C1. The summed E-state index contributed by atoms with van der Waals surface area (Å²) in [5, 5.41) is 10.5. The second-order valence-corrected chi connectivity index (χ2v) is 14.5. The van der Waals surface area contributed by atoms with Gasteiger partial charge in [-0.2, -0.15) is 0 Å². The fraction of sp³-hybridized carbons (Fsp3) is 0.0638. The van der Waals surface area contributed by atoms with Gasteiger partial charge in [0.1, 0.15) is 0 Å². The van der Waals surface area contributed by atoms with E-state index >= 15 is 0 Å². The van der Waals surface area contributed by atoms with E-state index in [1.807, 2.05) is 11.3 Å². The highest BCUT2D eigenvalue weighted by Gasteiger charge is 2.22. The number of nitrogens with zero attached hydrogens (tertiary/aromatic N) is 1. The Morgan fingerprint density at radius 2 is 1.29 bits per heavy atom. The monoisotopic (exact) mass is 643 g/mol. The number of rotatable bonds is 4. The Labute approximate surface area is 290 Å². The van der Waals surface area contributed by atoms with Crippen molar-refractivity contribution in [3.8, 4) is 11.1 Å². The van der Waals surface area contributed by atoms with E-state index in [-0.39, 0.29) is 0 Å². The summed E-state index contributed by atoms with van der Waals surface area (Å²) in [5.74, 6) is 0.541. The Morgan fingerprint density at radius 3 is 2.20 bits per heavy atom. The fourth-order valence-corrected chi connectivity index (χ4v) is 9.25. The minimum absolute atomic E-state index is 0.541. The molecule has 0 amide bonds. The van der Waals surface area contributed by atoms with Gasteiger partial charge in [0, 0.05) is 26.8 Å². The highest BCUT2D eigenvalue weighted by molar-refractivity contribution is 7.26. The van der Waals surface area contributed by atoms with Crippen molar-refractivity contribution in [3.63, 3.8) is 0 Å². The zero-order valence-corrected chi connectivity index (χ0v) is 28.0. The second kappa shape index (κ2) is 11.2. The third-order valence-corrected chi connectivity index (χ3v) is 11.5. The molecule has 49 heavy (non-hydrogen) atoms. The first kappa shape index (κ1) is 28.3. The van der Waals surface area contributed by atoms with Crippen molar-refractivity contribution < 1.29 is 0 Å². The van der Waals surface area contributed by atoms with Crippen molar-refractivity contribution in [2.75, 3.05) is 4.90 Å². The zero-order chi connectivity index (χ0) is 32.5. The summed E-state index contributed by atoms with van der Waals surface area (Å²) in [6.07, 6.45) is 5.75. The molecule has 1 aliphatic carbocycles. The summed E-state index contributed by atoms with van der Waals surface area (Å²) in [5.41, 5.74) is 8.78. The van der Waals surface area contributed by atoms with Crippen LogP contribution < -0.4 is 4.90 Å². The molecule has 0 saturated heterocycles. The normalized spacial score (nSPS) is 14.3. The molecule has 232 valence electrons. The lowest BCUT2D eigenvalue weighted by molar-refractivity contribution is 0.722.